The Morgan fingerprint density at radius 2 is 1.32 bits per heavy atom. The molecule has 0 spiro atoms. The molecule has 0 fully saturated rings. The summed E-state index contributed by atoms with van der Waals surface area (Å²) < 4.78 is 27.3. The summed E-state index contributed by atoms with van der Waals surface area (Å²) >= 11 is 0. The van der Waals surface area contributed by atoms with Crippen molar-refractivity contribution in [2.24, 2.45) is 0 Å². The number of anilines is 2. The lowest BCUT2D eigenvalue weighted by atomic mass is 10.3. The van der Waals surface area contributed by atoms with Crippen LogP contribution < -0.4 is 4.31 Å². The minimum atomic E-state index is -3.74. The second-order valence-electron chi connectivity index (χ2n) is 4.61. The van der Waals surface area contributed by atoms with Crippen LogP contribution in [0.25, 0.3) is 0 Å². The van der Waals surface area contributed by atoms with Gasteiger partial charge in [0.25, 0.3) is 10.0 Å². The molecule has 0 radical (unpaired) electrons. The Morgan fingerprint density at radius 3 is 1.91 bits per heavy atom. The molecule has 0 saturated heterocycles. The van der Waals surface area contributed by atoms with Crippen LogP contribution in [0, 0.1) is 0 Å². The zero-order chi connectivity index (χ0) is 15.4. The minimum absolute atomic E-state index is 0.226. The fraction of sp³-hybridized carbons (Fsp3) is 0. The van der Waals surface area contributed by atoms with Gasteiger partial charge in [0.15, 0.2) is 0 Å². The van der Waals surface area contributed by atoms with Gasteiger partial charge in [-0.1, -0.05) is 42.5 Å². The number of hydrogen-bond donors (Lipinski definition) is 0. The lowest BCUT2D eigenvalue weighted by molar-refractivity contribution is 0.596. The maximum atomic E-state index is 13.0. The quantitative estimate of drug-likeness (QED) is 0.739. The highest BCUT2D eigenvalue weighted by atomic mass is 32.2. The molecule has 1 heterocycles. The second kappa shape index (κ2) is 5.99. The largest absolute Gasteiger partial charge is 0.269 e. The zero-order valence-electron chi connectivity index (χ0n) is 11.7. The molecule has 1 aromatic heterocycles. The molecule has 0 amide bonds. The van der Waals surface area contributed by atoms with Crippen LogP contribution >= 0.6 is 0 Å². The number of hydrogen-bond acceptors (Lipinski definition) is 3. The number of aromatic nitrogens is 1. The molecule has 5 heteroatoms. The topological polar surface area (TPSA) is 50.3 Å². The van der Waals surface area contributed by atoms with E-state index in [2.05, 4.69) is 4.98 Å². The maximum Gasteiger partial charge on any atom is 0.269 e. The average Bonchev–Trinajstić information content (AvgIpc) is 2.58. The van der Waals surface area contributed by atoms with Crippen LogP contribution in [0.4, 0.5) is 11.5 Å². The van der Waals surface area contributed by atoms with Gasteiger partial charge in [0.1, 0.15) is 5.82 Å². The second-order valence-corrected chi connectivity index (χ2v) is 6.39. The van der Waals surface area contributed by atoms with E-state index in [4.69, 9.17) is 0 Å². The van der Waals surface area contributed by atoms with Gasteiger partial charge in [-0.25, -0.2) is 17.7 Å². The van der Waals surface area contributed by atoms with E-state index < -0.39 is 10.0 Å². The van der Waals surface area contributed by atoms with E-state index in [0.717, 1.165) is 0 Å². The van der Waals surface area contributed by atoms with Crippen molar-refractivity contribution in [2.75, 3.05) is 4.31 Å². The highest BCUT2D eigenvalue weighted by molar-refractivity contribution is 7.93. The normalized spacial score (nSPS) is 11.1. The lowest BCUT2D eigenvalue weighted by Gasteiger charge is -2.23. The van der Waals surface area contributed by atoms with Gasteiger partial charge >= 0.3 is 0 Å². The van der Waals surface area contributed by atoms with E-state index in [1.807, 2.05) is 6.07 Å². The van der Waals surface area contributed by atoms with Crippen molar-refractivity contribution < 1.29 is 8.42 Å². The van der Waals surface area contributed by atoms with Gasteiger partial charge < -0.3 is 0 Å². The summed E-state index contributed by atoms with van der Waals surface area (Å²) in [5.41, 5.74) is 0.546. The Labute approximate surface area is 129 Å². The number of benzene rings is 2. The van der Waals surface area contributed by atoms with Gasteiger partial charge in [0.2, 0.25) is 0 Å². The first kappa shape index (κ1) is 14.3. The molecule has 3 aromatic rings. The van der Waals surface area contributed by atoms with Gasteiger partial charge in [-0.2, -0.15) is 0 Å². The molecular formula is C17H14N2O2S. The molecule has 0 bridgehead atoms. The minimum Gasteiger partial charge on any atom is -0.238 e. The SMILES string of the molecule is O=S(=O)(c1ccccc1)N(c1ccccc1)c1ccccn1. The van der Waals surface area contributed by atoms with Crippen molar-refractivity contribution in [3.8, 4) is 0 Å². The molecule has 110 valence electrons. The van der Waals surface area contributed by atoms with E-state index in [9.17, 15) is 8.42 Å². The molecule has 0 unspecified atom stereocenters. The molecular weight excluding hydrogens is 296 g/mol. The first-order chi connectivity index (χ1) is 10.7. The highest BCUT2D eigenvalue weighted by Crippen LogP contribution is 2.30. The number of nitrogens with zero attached hydrogens (tertiary/aromatic N) is 2. The van der Waals surface area contributed by atoms with Crippen LogP contribution in [0.3, 0.4) is 0 Å². The first-order valence-corrected chi connectivity index (χ1v) is 8.20. The lowest BCUT2D eigenvalue weighted by Crippen LogP contribution is -2.26. The molecule has 0 aliphatic heterocycles. The van der Waals surface area contributed by atoms with Crippen molar-refractivity contribution in [1.29, 1.82) is 0 Å². The Bertz CT molecular complexity index is 796. The predicted molar refractivity (Wildman–Crippen MR) is 86.4 cm³/mol. The standard InChI is InChI=1S/C17H14N2O2S/c20-22(21,16-11-5-2-6-12-16)19(15-9-3-1-4-10-15)17-13-7-8-14-18-17/h1-14H. The fourth-order valence-electron chi connectivity index (χ4n) is 2.13. The summed E-state index contributed by atoms with van der Waals surface area (Å²) in [6.07, 6.45) is 1.58. The van der Waals surface area contributed by atoms with Gasteiger partial charge in [0, 0.05) is 6.20 Å². The van der Waals surface area contributed by atoms with Crippen LogP contribution in [-0.2, 0) is 10.0 Å². The molecule has 3 rings (SSSR count). The van der Waals surface area contributed by atoms with E-state index in [0.29, 0.717) is 11.5 Å². The van der Waals surface area contributed by atoms with Crippen LogP contribution in [0.1, 0.15) is 0 Å². The smallest absolute Gasteiger partial charge is 0.238 e. The van der Waals surface area contributed by atoms with E-state index in [1.54, 1.807) is 79.0 Å². The van der Waals surface area contributed by atoms with E-state index in [1.165, 1.54) is 4.31 Å². The molecule has 0 saturated carbocycles. The van der Waals surface area contributed by atoms with Gasteiger partial charge in [0.05, 0.1) is 10.6 Å². The summed E-state index contributed by atoms with van der Waals surface area (Å²) in [5.74, 6) is 0.359. The average molecular weight is 310 g/mol. The van der Waals surface area contributed by atoms with Gasteiger partial charge in [-0.05, 0) is 36.4 Å². The van der Waals surface area contributed by atoms with Gasteiger partial charge in [-0.3, -0.25) is 0 Å². The van der Waals surface area contributed by atoms with Crippen molar-refractivity contribution in [3.63, 3.8) is 0 Å². The highest BCUT2D eigenvalue weighted by Gasteiger charge is 2.27. The third kappa shape index (κ3) is 2.71. The summed E-state index contributed by atoms with van der Waals surface area (Å²) in [6, 6.07) is 22.5. The van der Waals surface area contributed by atoms with Crippen LogP contribution in [-0.4, -0.2) is 13.4 Å². The molecule has 0 N–H and O–H groups in total. The summed E-state index contributed by atoms with van der Waals surface area (Å²) in [4.78, 5) is 4.42. The summed E-state index contributed by atoms with van der Waals surface area (Å²) in [7, 11) is -3.74. The van der Waals surface area contributed by atoms with Crippen LogP contribution in [0.15, 0.2) is 90.0 Å². The van der Waals surface area contributed by atoms with Crippen LogP contribution in [0.5, 0.6) is 0 Å². The third-order valence-corrected chi connectivity index (χ3v) is 4.88. The molecule has 0 atom stereocenters. The van der Waals surface area contributed by atoms with Crippen molar-refractivity contribution >= 4 is 21.5 Å². The van der Waals surface area contributed by atoms with Crippen molar-refractivity contribution in [1.82, 2.24) is 4.98 Å². The third-order valence-electron chi connectivity index (χ3n) is 3.13. The Balaban J connectivity index is 2.19. The Morgan fingerprint density at radius 1 is 0.727 bits per heavy atom. The number of sulfonamides is 1. The summed E-state index contributed by atoms with van der Waals surface area (Å²) in [5, 5.41) is 0. The Kier molecular flexibility index (Phi) is 3.89. The van der Waals surface area contributed by atoms with Gasteiger partial charge in [-0.15, -0.1) is 0 Å². The van der Waals surface area contributed by atoms with Crippen LogP contribution in [0.2, 0.25) is 0 Å². The fourth-order valence-corrected chi connectivity index (χ4v) is 3.59. The molecule has 0 aliphatic rings. The molecule has 0 aliphatic carbocycles. The number of para-hydroxylation sites is 1. The molecule has 2 aromatic carbocycles. The monoisotopic (exact) mass is 310 g/mol. The Hall–Kier alpha value is -2.66. The van der Waals surface area contributed by atoms with E-state index >= 15 is 0 Å². The number of rotatable bonds is 4. The zero-order valence-corrected chi connectivity index (χ0v) is 12.5. The summed E-state index contributed by atoms with van der Waals surface area (Å²) in [6.45, 7) is 0. The van der Waals surface area contributed by atoms with Crippen molar-refractivity contribution in [3.05, 3.63) is 85.1 Å². The number of pyridine rings is 1. The maximum absolute atomic E-state index is 13.0. The molecule has 22 heavy (non-hydrogen) atoms. The predicted octanol–water partition coefficient (Wildman–Crippen LogP) is 3.61. The molecule has 4 nitrogen and oxygen atoms in total. The van der Waals surface area contributed by atoms with E-state index in [-0.39, 0.29) is 4.90 Å². The van der Waals surface area contributed by atoms with Crippen molar-refractivity contribution in [2.45, 2.75) is 4.90 Å². The first-order valence-electron chi connectivity index (χ1n) is 6.76.